The zero-order valence-electron chi connectivity index (χ0n) is 7.24. The second-order valence-corrected chi connectivity index (χ2v) is 4.93. The quantitative estimate of drug-likeness (QED) is 0.454. The average Bonchev–Trinajstić information content (AvgIpc) is 2.26. The van der Waals surface area contributed by atoms with Crippen LogP contribution < -0.4 is 5.73 Å². The Kier molecular flexibility index (Phi) is 3.14. The van der Waals surface area contributed by atoms with Crippen LogP contribution in [-0.2, 0) is 0 Å². The van der Waals surface area contributed by atoms with Gasteiger partial charge in [-0.05, 0) is 13.3 Å². The molecule has 1 saturated heterocycles. The molecule has 2 nitrogen and oxygen atoms in total. The third kappa shape index (κ3) is 2.95. The molecule has 2 atom stereocenters. The number of alkyl halides is 4. The standard InChI is InChI=1S/C7H12F3IN2/c1-6(12)2-3-13(4-6)5(11)7(8,9)10/h5H,2-4,12H2,1H3. The topological polar surface area (TPSA) is 29.3 Å². The Morgan fingerprint density at radius 1 is 1.54 bits per heavy atom. The molecule has 6 heteroatoms. The van der Waals surface area contributed by atoms with E-state index < -0.39 is 15.8 Å². The van der Waals surface area contributed by atoms with Gasteiger partial charge in [0.1, 0.15) is 0 Å². The van der Waals surface area contributed by atoms with E-state index >= 15 is 0 Å². The molecule has 1 rings (SSSR count). The van der Waals surface area contributed by atoms with Crippen LogP contribution in [0.4, 0.5) is 13.2 Å². The summed E-state index contributed by atoms with van der Waals surface area (Å²) in [5, 5.41) is 0. The van der Waals surface area contributed by atoms with E-state index in [0.29, 0.717) is 19.5 Å². The minimum Gasteiger partial charge on any atom is -0.324 e. The maximum absolute atomic E-state index is 12.3. The smallest absolute Gasteiger partial charge is 0.324 e. The van der Waals surface area contributed by atoms with E-state index in [-0.39, 0.29) is 0 Å². The van der Waals surface area contributed by atoms with Gasteiger partial charge in [0.15, 0.2) is 4.05 Å². The summed E-state index contributed by atoms with van der Waals surface area (Å²) in [4.78, 5) is 1.38. The van der Waals surface area contributed by atoms with Crippen molar-refractivity contribution in [3.8, 4) is 0 Å². The Labute approximate surface area is 88.8 Å². The molecule has 0 aromatic rings. The van der Waals surface area contributed by atoms with Crippen molar-refractivity contribution in [1.29, 1.82) is 0 Å². The van der Waals surface area contributed by atoms with E-state index in [0.717, 1.165) is 0 Å². The Morgan fingerprint density at radius 3 is 2.38 bits per heavy atom. The van der Waals surface area contributed by atoms with Crippen LogP contribution in [0.2, 0.25) is 0 Å². The average molecular weight is 308 g/mol. The molecule has 0 saturated carbocycles. The molecule has 0 spiro atoms. The van der Waals surface area contributed by atoms with Crippen LogP contribution in [0.3, 0.4) is 0 Å². The summed E-state index contributed by atoms with van der Waals surface area (Å²) in [6.07, 6.45) is -3.52. The number of hydrogen-bond donors (Lipinski definition) is 1. The molecule has 1 heterocycles. The summed E-state index contributed by atoms with van der Waals surface area (Å²) >= 11 is 1.41. The lowest BCUT2D eigenvalue weighted by molar-refractivity contribution is -0.150. The first-order valence-electron chi connectivity index (χ1n) is 3.96. The zero-order valence-corrected chi connectivity index (χ0v) is 9.39. The van der Waals surface area contributed by atoms with Gasteiger partial charge in [-0.2, -0.15) is 13.2 Å². The molecule has 2 N–H and O–H groups in total. The van der Waals surface area contributed by atoms with Gasteiger partial charge in [-0.25, -0.2) is 0 Å². The number of halogens is 4. The predicted octanol–water partition coefficient (Wildman–Crippen LogP) is 1.73. The first-order chi connectivity index (χ1) is 5.72. The van der Waals surface area contributed by atoms with Crippen LogP contribution in [0.5, 0.6) is 0 Å². The molecule has 0 radical (unpaired) electrons. The van der Waals surface area contributed by atoms with E-state index in [1.807, 2.05) is 0 Å². The van der Waals surface area contributed by atoms with Crippen molar-refractivity contribution >= 4 is 22.6 Å². The Hall–Kier alpha value is 0.440. The van der Waals surface area contributed by atoms with Crippen molar-refractivity contribution in [2.75, 3.05) is 13.1 Å². The number of rotatable bonds is 1. The summed E-state index contributed by atoms with van der Waals surface area (Å²) in [7, 11) is 0. The second kappa shape index (κ2) is 3.54. The van der Waals surface area contributed by atoms with Gasteiger partial charge < -0.3 is 5.73 Å². The molecule has 1 fully saturated rings. The highest BCUT2D eigenvalue weighted by molar-refractivity contribution is 14.1. The lowest BCUT2D eigenvalue weighted by atomic mass is 10.0. The zero-order chi connectivity index (χ0) is 10.3. The fourth-order valence-corrected chi connectivity index (χ4v) is 1.90. The minimum absolute atomic E-state index is 0.320. The molecule has 1 aliphatic heterocycles. The van der Waals surface area contributed by atoms with Crippen LogP contribution in [0.1, 0.15) is 13.3 Å². The van der Waals surface area contributed by atoms with Crippen molar-refractivity contribution < 1.29 is 13.2 Å². The molecule has 1 aliphatic rings. The van der Waals surface area contributed by atoms with Crippen molar-refractivity contribution in [1.82, 2.24) is 4.90 Å². The van der Waals surface area contributed by atoms with E-state index in [4.69, 9.17) is 5.73 Å². The third-order valence-corrected chi connectivity index (χ3v) is 3.62. The molecule has 0 bridgehead atoms. The Morgan fingerprint density at radius 2 is 2.08 bits per heavy atom. The molecule has 0 aromatic heterocycles. The lowest BCUT2D eigenvalue weighted by Gasteiger charge is -2.26. The monoisotopic (exact) mass is 308 g/mol. The second-order valence-electron chi connectivity index (χ2n) is 3.75. The highest BCUT2D eigenvalue weighted by atomic mass is 127. The van der Waals surface area contributed by atoms with Crippen molar-refractivity contribution in [2.45, 2.75) is 29.1 Å². The van der Waals surface area contributed by atoms with Crippen molar-refractivity contribution in [3.63, 3.8) is 0 Å². The summed E-state index contributed by atoms with van der Waals surface area (Å²) in [6.45, 7) is 2.53. The summed E-state index contributed by atoms with van der Waals surface area (Å²) in [5.41, 5.74) is 5.27. The Bertz CT molecular complexity index is 193. The van der Waals surface area contributed by atoms with Crippen LogP contribution in [-0.4, -0.2) is 33.8 Å². The lowest BCUT2D eigenvalue weighted by Crippen LogP contribution is -2.44. The third-order valence-electron chi connectivity index (χ3n) is 2.13. The fourth-order valence-electron chi connectivity index (χ4n) is 1.42. The summed E-state index contributed by atoms with van der Waals surface area (Å²) < 4.78 is 35.4. The van der Waals surface area contributed by atoms with Gasteiger partial charge in [-0.15, -0.1) is 0 Å². The molecule has 0 amide bonds. The van der Waals surface area contributed by atoms with Gasteiger partial charge in [-0.1, -0.05) is 22.6 Å². The van der Waals surface area contributed by atoms with Crippen LogP contribution in [0.25, 0.3) is 0 Å². The first-order valence-corrected chi connectivity index (χ1v) is 5.21. The highest BCUT2D eigenvalue weighted by Gasteiger charge is 2.45. The minimum atomic E-state index is -4.15. The number of nitrogens with two attached hydrogens (primary N) is 1. The predicted molar refractivity (Wildman–Crippen MR) is 52.6 cm³/mol. The van der Waals surface area contributed by atoms with Crippen LogP contribution in [0, 0.1) is 0 Å². The molecule has 78 valence electrons. The van der Waals surface area contributed by atoms with Crippen LogP contribution in [0.15, 0.2) is 0 Å². The summed E-state index contributed by atoms with van der Waals surface area (Å²) in [6, 6.07) is 0. The van der Waals surface area contributed by atoms with Gasteiger partial charge in [0, 0.05) is 18.6 Å². The van der Waals surface area contributed by atoms with Crippen molar-refractivity contribution in [3.05, 3.63) is 0 Å². The highest BCUT2D eigenvalue weighted by Crippen LogP contribution is 2.33. The molecule has 2 unspecified atom stereocenters. The maximum Gasteiger partial charge on any atom is 0.413 e. The maximum atomic E-state index is 12.3. The SMILES string of the molecule is CC1(N)CCN(C(I)C(F)(F)F)C1. The van der Waals surface area contributed by atoms with Gasteiger partial charge in [-0.3, -0.25) is 4.90 Å². The van der Waals surface area contributed by atoms with Crippen LogP contribution >= 0.6 is 22.6 Å². The van der Waals surface area contributed by atoms with E-state index in [2.05, 4.69) is 0 Å². The first kappa shape index (κ1) is 11.5. The summed E-state index contributed by atoms with van der Waals surface area (Å²) in [5.74, 6) is 0. The van der Waals surface area contributed by atoms with E-state index in [1.165, 1.54) is 27.5 Å². The fraction of sp³-hybridized carbons (Fsp3) is 1.00. The number of hydrogen-bond acceptors (Lipinski definition) is 2. The Balaban J connectivity index is 2.57. The molecular formula is C7H12F3IN2. The van der Waals surface area contributed by atoms with Crippen molar-refractivity contribution in [2.24, 2.45) is 5.73 Å². The van der Waals surface area contributed by atoms with Gasteiger partial charge >= 0.3 is 6.18 Å². The molecular weight excluding hydrogens is 296 g/mol. The van der Waals surface area contributed by atoms with Gasteiger partial charge in [0.05, 0.1) is 0 Å². The van der Waals surface area contributed by atoms with E-state index in [9.17, 15) is 13.2 Å². The largest absolute Gasteiger partial charge is 0.413 e. The molecule has 0 aromatic carbocycles. The molecule has 0 aliphatic carbocycles. The van der Waals surface area contributed by atoms with Gasteiger partial charge in [0.25, 0.3) is 0 Å². The van der Waals surface area contributed by atoms with Gasteiger partial charge in [0.2, 0.25) is 0 Å². The van der Waals surface area contributed by atoms with E-state index in [1.54, 1.807) is 6.92 Å². The molecule has 13 heavy (non-hydrogen) atoms. The normalized spacial score (nSPS) is 33.7. The number of nitrogens with zero attached hydrogens (tertiary/aromatic N) is 1. The number of likely N-dealkylation sites (tertiary alicyclic amines) is 1.